The fourth-order valence-electron chi connectivity index (χ4n) is 3.31. The molecule has 1 saturated heterocycles. The molecular weight excluding hydrogens is 324 g/mol. The van der Waals surface area contributed by atoms with Crippen molar-refractivity contribution in [2.75, 3.05) is 33.3 Å². The van der Waals surface area contributed by atoms with Crippen LogP contribution in [0.4, 0.5) is 0 Å². The molecule has 1 fully saturated rings. The van der Waals surface area contributed by atoms with E-state index < -0.39 is 0 Å². The number of aliphatic imine (C=N–C) groups is 1. The molecule has 144 valence electrons. The van der Waals surface area contributed by atoms with Crippen LogP contribution in [0.25, 0.3) is 0 Å². The van der Waals surface area contributed by atoms with Gasteiger partial charge in [0.15, 0.2) is 5.96 Å². The second-order valence-corrected chi connectivity index (χ2v) is 7.11. The van der Waals surface area contributed by atoms with E-state index >= 15 is 0 Å². The second kappa shape index (κ2) is 10.9. The van der Waals surface area contributed by atoms with Crippen molar-refractivity contribution in [3.05, 3.63) is 42.5 Å². The number of hydrogen-bond acceptors (Lipinski definition) is 3. The van der Waals surface area contributed by atoms with Crippen molar-refractivity contribution < 1.29 is 4.74 Å². The largest absolute Gasteiger partial charge is 0.489 e. The smallest absolute Gasteiger partial charge is 0.191 e. The molecule has 0 radical (unpaired) electrons. The lowest BCUT2D eigenvalue weighted by atomic mass is 9.97. The highest BCUT2D eigenvalue weighted by atomic mass is 16.5. The zero-order chi connectivity index (χ0) is 18.8. The molecule has 5 nitrogen and oxygen atoms in total. The summed E-state index contributed by atoms with van der Waals surface area (Å²) in [6.07, 6.45) is 4.32. The minimum atomic E-state index is 0.512. The van der Waals surface area contributed by atoms with Gasteiger partial charge in [-0.3, -0.25) is 4.99 Å². The third-order valence-corrected chi connectivity index (χ3v) is 4.84. The lowest BCUT2D eigenvalue weighted by Crippen LogP contribution is -2.46. The van der Waals surface area contributed by atoms with Crippen LogP contribution in [-0.4, -0.2) is 50.2 Å². The summed E-state index contributed by atoms with van der Waals surface area (Å²) in [7, 11) is 1.82. The van der Waals surface area contributed by atoms with Gasteiger partial charge >= 0.3 is 0 Å². The van der Waals surface area contributed by atoms with Crippen LogP contribution >= 0.6 is 0 Å². The maximum absolute atomic E-state index is 5.72. The Balaban J connectivity index is 1.82. The molecule has 0 aliphatic carbocycles. The Kier molecular flexibility index (Phi) is 8.48. The molecule has 2 rings (SSSR count). The lowest BCUT2D eigenvalue weighted by Gasteiger charge is -2.35. The Morgan fingerprint density at radius 1 is 1.38 bits per heavy atom. The van der Waals surface area contributed by atoms with Gasteiger partial charge in [-0.05, 0) is 45.2 Å². The Hall–Kier alpha value is -2.01. The van der Waals surface area contributed by atoms with Gasteiger partial charge in [0.25, 0.3) is 0 Å². The summed E-state index contributed by atoms with van der Waals surface area (Å²) in [5, 5.41) is 6.88. The van der Waals surface area contributed by atoms with Crippen molar-refractivity contribution in [2.45, 2.75) is 39.3 Å². The molecular formula is C21H34N4O. The van der Waals surface area contributed by atoms with Gasteiger partial charge < -0.3 is 20.3 Å². The number of rotatable bonds is 8. The summed E-state index contributed by atoms with van der Waals surface area (Å²) in [6.45, 7) is 12.8. The molecule has 0 saturated carbocycles. The average molecular weight is 359 g/mol. The summed E-state index contributed by atoms with van der Waals surface area (Å²) in [6, 6.07) is 8.69. The summed E-state index contributed by atoms with van der Waals surface area (Å²) >= 11 is 0. The van der Waals surface area contributed by atoms with Crippen molar-refractivity contribution in [1.29, 1.82) is 0 Å². The standard InChI is InChI=1S/C21H34N4O/c1-5-13-26-20-11-7-6-10-19(20)15-24-21(22-4)23-14-18-9-8-12-25(16-18)17(2)3/h5-7,10-11,17-18H,1,8-9,12-16H2,2-4H3,(H2,22,23,24). The molecule has 26 heavy (non-hydrogen) atoms. The highest BCUT2D eigenvalue weighted by Crippen LogP contribution is 2.18. The van der Waals surface area contributed by atoms with E-state index in [1.54, 1.807) is 6.08 Å². The predicted molar refractivity (Wildman–Crippen MR) is 110 cm³/mol. The van der Waals surface area contributed by atoms with Crippen LogP contribution in [0.15, 0.2) is 41.9 Å². The number of piperidine rings is 1. The van der Waals surface area contributed by atoms with Crippen LogP contribution in [0.5, 0.6) is 5.75 Å². The maximum Gasteiger partial charge on any atom is 0.191 e. The summed E-state index contributed by atoms with van der Waals surface area (Å²) in [5.74, 6) is 2.40. The summed E-state index contributed by atoms with van der Waals surface area (Å²) < 4.78 is 5.72. The first-order valence-electron chi connectivity index (χ1n) is 9.64. The Bertz CT molecular complexity index is 585. The number of para-hydroxylation sites is 1. The molecule has 1 unspecified atom stereocenters. The predicted octanol–water partition coefficient (Wildman–Crippen LogP) is 3.04. The van der Waals surface area contributed by atoms with E-state index in [-0.39, 0.29) is 0 Å². The van der Waals surface area contributed by atoms with Gasteiger partial charge in [-0.1, -0.05) is 30.9 Å². The highest BCUT2D eigenvalue weighted by molar-refractivity contribution is 5.79. The minimum Gasteiger partial charge on any atom is -0.489 e. The van der Waals surface area contributed by atoms with E-state index in [1.165, 1.54) is 25.9 Å². The van der Waals surface area contributed by atoms with Gasteiger partial charge in [0, 0.05) is 38.3 Å². The van der Waals surface area contributed by atoms with E-state index in [9.17, 15) is 0 Å². The lowest BCUT2D eigenvalue weighted by molar-refractivity contribution is 0.141. The van der Waals surface area contributed by atoms with E-state index in [4.69, 9.17) is 4.74 Å². The van der Waals surface area contributed by atoms with E-state index in [2.05, 4.69) is 47.0 Å². The molecule has 0 bridgehead atoms. The first-order valence-corrected chi connectivity index (χ1v) is 9.64. The number of likely N-dealkylation sites (tertiary alicyclic amines) is 1. The zero-order valence-electron chi connectivity index (χ0n) is 16.5. The van der Waals surface area contributed by atoms with Gasteiger partial charge in [-0.25, -0.2) is 0 Å². The topological polar surface area (TPSA) is 48.9 Å². The Labute approximate surface area is 158 Å². The molecule has 1 aromatic carbocycles. The number of benzene rings is 1. The van der Waals surface area contributed by atoms with Crippen molar-refractivity contribution in [2.24, 2.45) is 10.9 Å². The first kappa shape index (κ1) is 20.3. The molecule has 2 N–H and O–H groups in total. The van der Waals surface area contributed by atoms with Crippen LogP contribution in [0.2, 0.25) is 0 Å². The number of ether oxygens (including phenoxy) is 1. The van der Waals surface area contributed by atoms with Crippen LogP contribution < -0.4 is 15.4 Å². The van der Waals surface area contributed by atoms with Gasteiger partial charge in [0.05, 0.1) is 0 Å². The maximum atomic E-state index is 5.72. The third-order valence-electron chi connectivity index (χ3n) is 4.84. The molecule has 0 spiro atoms. The first-order chi connectivity index (χ1) is 12.6. The zero-order valence-corrected chi connectivity index (χ0v) is 16.5. The molecule has 0 aromatic heterocycles. The SMILES string of the molecule is C=CCOc1ccccc1CNC(=NC)NCC1CCCN(C(C)C)C1. The normalized spacial score (nSPS) is 18.6. The number of guanidine groups is 1. The second-order valence-electron chi connectivity index (χ2n) is 7.11. The van der Waals surface area contributed by atoms with Crippen LogP contribution in [0, 0.1) is 5.92 Å². The van der Waals surface area contributed by atoms with Crippen LogP contribution in [0.1, 0.15) is 32.3 Å². The van der Waals surface area contributed by atoms with Gasteiger partial charge in [0.1, 0.15) is 12.4 Å². The number of nitrogens with zero attached hydrogens (tertiary/aromatic N) is 2. The number of hydrogen-bond donors (Lipinski definition) is 2. The van der Waals surface area contributed by atoms with Crippen molar-refractivity contribution in [3.63, 3.8) is 0 Å². The molecule has 1 aromatic rings. The average Bonchev–Trinajstić information content (AvgIpc) is 2.67. The summed E-state index contributed by atoms with van der Waals surface area (Å²) in [5.41, 5.74) is 1.11. The molecule has 1 aliphatic heterocycles. The third kappa shape index (κ3) is 6.37. The number of nitrogens with one attached hydrogen (secondary N) is 2. The quantitative estimate of drug-likeness (QED) is 0.426. The fourth-order valence-corrected chi connectivity index (χ4v) is 3.31. The molecule has 1 heterocycles. The van der Waals surface area contributed by atoms with Gasteiger partial charge in [0.2, 0.25) is 0 Å². The van der Waals surface area contributed by atoms with Crippen LogP contribution in [-0.2, 0) is 6.54 Å². The molecule has 1 atom stereocenters. The van der Waals surface area contributed by atoms with Crippen LogP contribution in [0.3, 0.4) is 0 Å². The molecule has 1 aliphatic rings. The Morgan fingerprint density at radius 2 is 2.19 bits per heavy atom. The molecule has 0 amide bonds. The van der Waals surface area contributed by atoms with E-state index in [0.717, 1.165) is 23.8 Å². The highest BCUT2D eigenvalue weighted by Gasteiger charge is 2.21. The molecule has 5 heteroatoms. The monoisotopic (exact) mass is 358 g/mol. The Morgan fingerprint density at radius 3 is 2.92 bits per heavy atom. The minimum absolute atomic E-state index is 0.512. The summed E-state index contributed by atoms with van der Waals surface area (Å²) in [4.78, 5) is 6.93. The fraction of sp³-hybridized carbons (Fsp3) is 0.571. The van der Waals surface area contributed by atoms with Crippen molar-refractivity contribution >= 4 is 5.96 Å². The van der Waals surface area contributed by atoms with E-state index in [1.807, 2.05) is 25.2 Å². The van der Waals surface area contributed by atoms with Gasteiger partial charge in [-0.2, -0.15) is 0 Å². The van der Waals surface area contributed by atoms with Crippen molar-refractivity contribution in [3.8, 4) is 5.75 Å². The van der Waals surface area contributed by atoms with Gasteiger partial charge in [-0.15, -0.1) is 0 Å². The van der Waals surface area contributed by atoms with Crippen molar-refractivity contribution in [1.82, 2.24) is 15.5 Å². The van der Waals surface area contributed by atoms with E-state index in [0.29, 0.717) is 25.1 Å².